The van der Waals surface area contributed by atoms with Gasteiger partial charge in [-0.15, -0.1) is 0 Å². The van der Waals surface area contributed by atoms with Gasteiger partial charge in [0.05, 0.1) is 25.0 Å². The molecular weight excluding hydrogens is 392 g/mol. The normalized spacial score (nSPS) is 10.9. The van der Waals surface area contributed by atoms with E-state index in [0.29, 0.717) is 35.3 Å². The van der Waals surface area contributed by atoms with Crippen molar-refractivity contribution in [3.05, 3.63) is 70.7 Å². The van der Waals surface area contributed by atoms with Crippen molar-refractivity contribution in [2.75, 3.05) is 13.7 Å². The SMILES string of the molecule is CCOc1cc(C=NNC(=O)OC)cc(Cl)c1OCc1cccc2ccccc12. The molecular formula is C22H21ClN2O4. The van der Waals surface area contributed by atoms with E-state index in [-0.39, 0.29) is 0 Å². The van der Waals surface area contributed by atoms with E-state index in [9.17, 15) is 4.79 Å². The fraction of sp³-hybridized carbons (Fsp3) is 0.182. The molecule has 0 aliphatic heterocycles. The van der Waals surface area contributed by atoms with Gasteiger partial charge in [-0.05, 0) is 41.0 Å². The number of carbonyl (C=O) groups excluding carboxylic acids is 1. The number of carbonyl (C=O) groups is 1. The van der Waals surface area contributed by atoms with Gasteiger partial charge in [-0.3, -0.25) is 0 Å². The van der Waals surface area contributed by atoms with Crippen LogP contribution in [-0.2, 0) is 11.3 Å². The van der Waals surface area contributed by atoms with Crippen LogP contribution in [-0.4, -0.2) is 26.0 Å². The highest BCUT2D eigenvalue weighted by Crippen LogP contribution is 2.37. The van der Waals surface area contributed by atoms with Crippen LogP contribution in [0, 0.1) is 0 Å². The van der Waals surface area contributed by atoms with Crippen LogP contribution < -0.4 is 14.9 Å². The second-order valence-corrected chi connectivity index (χ2v) is 6.46. The van der Waals surface area contributed by atoms with Crippen molar-refractivity contribution in [1.82, 2.24) is 5.43 Å². The number of fused-ring (bicyclic) bond motifs is 1. The first-order valence-corrected chi connectivity index (χ1v) is 9.43. The molecule has 0 saturated heterocycles. The van der Waals surface area contributed by atoms with Gasteiger partial charge in [0.1, 0.15) is 6.61 Å². The molecule has 3 rings (SSSR count). The standard InChI is InChI=1S/C22H21ClN2O4/c1-3-28-20-12-15(13-24-25-22(26)27-2)11-19(23)21(20)29-14-17-9-6-8-16-7-4-5-10-18(16)17/h4-13H,3,14H2,1-2H3,(H,25,26). The van der Waals surface area contributed by atoms with Gasteiger partial charge in [0.2, 0.25) is 0 Å². The van der Waals surface area contributed by atoms with Crippen molar-refractivity contribution in [1.29, 1.82) is 0 Å². The highest BCUT2D eigenvalue weighted by atomic mass is 35.5. The third-order valence-corrected chi connectivity index (χ3v) is 4.42. The van der Waals surface area contributed by atoms with Gasteiger partial charge in [-0.1, -0.05) is 54.1 Å². The number of nitrogens with zero attached hydrogens (tertiary/aromatic N) is 1. The van der Waals surface area contributed by atoms with Crippen LogP contribution in [0.25, 0.3) is 10.8 Å². The van der Waals surface area contributed by atoms with Gasteiger partial charge in [0.25, 0.3) is 0 Å². The predicted octanol–water partition coefficient (Wildman–Crippen LogP) is 5.16. The second kappa shape index (κ2) is 9.80. The van der Waals surface area contributed by atoms with Crippen molar-refractivity contribution >= 4 is 34.7 Å². The highest BCUT2D eigenvalue weighted by molar-refractivity contribution is 6.32. The Labute approximate surface area is 174 Å². The van der Waals surface area contributed by atoms with Gasteiger partial charge < -0.3 is 14.2 Å². The minimum Gasteiger partial charge on any atom is -0.490 e. The van der Waals surface area contributed by atoms with Crippen LogP contribution in [0.5, 0.6) is 11.5 Å². The Kier molecular flexibility index (Phi) is 6.92. The first-order valence-electron chi connectivity index (χ1n) is 9.05. The van der Waals surface area contributed by atoms with Gasteiger partial charge in [0.15, 0.2) is 11.5 Å². The Hall–Kier alpha value is -3.25. The van der Waals surface area contributed by atoms with E-state index in [2.05, 4.69) is 33.5 Å². The average Bonchev–Trinajstić information content (AvgIpc) is 2.73. The van der Waals surface area contributed by atoms with E-state index in [1.165, 1.54) is 13.3 Å². The molecule has 3 aromatic carbocycles. The van der Waals surface area contributed by atoms with Crippen molar-refractivity contribution < 1.29 is 19.0 Å². The quantitative estimate of drug-likeness (QED) is 0.430. The van der Waals surface area contributed by atoms with Crippen LogP contribution >= 0.6 is 11.6 Å². The molecule has 1 N–H and O–H groups in total. The Morgan fingerprint density at radius 3 is 2.72 bits per heavy atom. The van der Waals surface area contributed by atoms with Gasteiger partial charge in [-0.25, -0.2) is 10.2 Å². The molecule has 29 heavy (non-hydrogen) atoms. The average molecular weight is 413 g/mol. The number of hydrazone groups is 1. The fourth-order valence-electron chi connectivity index (χ4n) is 2.84. The van der Waals surface area contributed by atoms with Crippen LogP contribution in [0.4, 0.5) is 4.79 Å². The van der Waals surface area contributed by atoms with Crippen molar-refractivity contribution in [2.24, 2.45) is 5.10 Å². The lowest BCUT2D eigenvalue weighted by Gasteiger charge is -2.15. The van der Waals surface area contributed by atoms with Gasteiger partial charge in [0, 0.05) is 0 Å². The molecule has 0 aliphatic rings. The Bertz CT molecular complexity index is 1030. The van der Waals surface area contributed by atoms with E-state index in [1.807, 2.05) is 31.2 Å². The number of hydrogen-bond acceptors (Lipinski definition) is 5. The maximum Gasteiger partial charge on any atom is 0.427 e. The fourth-order valence-corrected chi connectivity index (χ4v) is 3.11. The lowest BCUT2D eigenvalue weighted by Crippen LogP contribution is -2.16. The molecule has 0 bridgehead atoms. The first kappa shape index (κ1) is 20.5. The smallest absolute Gasteiger partial charge is 0.427 e. The number of ether oxygens (including phenoxy) is 3. The monoisotopic (exact) mass is 412 g/mol. The molecule has 0 heterocycles. The van der Waals surface area contributed by atoms with Crippen LogP contribution in [0.2, 0.25) is 5.02 Å². The van der Waals surface area contributed by atoms with Gasteiger partial charge >= 0.3 is 6.09 Å². The van der Waals surface area contributed by atoms with Crippen molar-refractivity contribution in [2.45, 2.75) is 13.5 Å². The number of rotatable bonds is 7. The first-order chi connectivity index (χ1) is 14.1. The number of benzene rings is 3. The zero-order valence-corrected chi connectivity index (χ0v) is 16.9. The summed E-state index contributed by atoms with van der Waals surface area (Å²) < 4.78 is 16.2. The summed E-state index contributed by atoms with van der Waals surface area (Å²) in [5, 5.41) is 6.47. The van der Waals surface area contributed by atoms with E-state index >= 15 is 0 Å². The van der Waals surface area contributed by atoms with Crippen LogP contribution in [0.1, 0.15) is 18.1 Å². The molecule has 0 fully saturated rings. The third kappa shape index (κ3) is 5.18. The lowest BCUT2D eigenvalue weighted by molar-refractivity contribution is 0.171. The number of halogens is 1. The molecule has 0 unspecified atom stereocenters. The summed E-state index contributed by atoms with van der Waals surface area (Å²) in [5.41, 5.74) is 3.92. The molecule has 0 aliphatic carbocycles. The Morgan fingerprint density at radius 2 is 1.93 bits per heavy atom. The summed E-state index contributed by atoms with van der Waals surface area (Å²) in [4.78, 5) is 11.1. The largest absolute Gasteiger partial charge is 0.490 e. The van der Waals surface area contributed by atoms with E-state index in [4.69, 9.17) is 21.1 Å². The molecule has 0 atom stereocenters. The molecule has 1 amide bonds. The second-order valence-electron chi connectivity index (χ2n) is 6.05. The Balaban J connectivity index is 1.83. The van der Waals surface area contributed by atoms with E-state index < -0.39 is 6.09 Å². The molecule has 150 valence electrons. The van der Waals surface area contributed by atoms with E-state index in [0.717, 1.165) is 16.3 Å². The minimum atomic E-state index is -0.660. The number of nitrogens with one attached hydrogen (secondary N) is 1. The summed E-state index contributed by atoms with van der Waals surface area (Å²) >= 11 is 6.44. The number of amides is 1. The van der Waals surface area contributed by atoms with E-state index in [1.54, 1.807) is 12.1 Å². The zero-order valence-electron chi connectivity index (χ0n) is 16.1. The summed E-state index contributed by atoms with van der Waals surface area (Å²) in [6.07, 6.45) is 0.784. The van der Waals surface area contributed by atoms with Crippen LogP contribution in [0.3, 0.4) is 0 Å². The maximum absolute atomic E-state index is 11.1. The minimum absolute atomic E-state index is 0.346. The zero-order chi connectivity index (χ0) is 20.6. The molecule has 6 nitrogen and oxygen atoms in total. The Morgan fingerprint density at radius 1 is 1.14 bits per heavy atom. The highest BCUT2D eigenvalue weighted by Gasteiger charge is 2.13. The molecule has 0 saturated carbocycles. The molecule has 3 aromatic rings. The van der Waals surface area contributed by atoms with Gasteiger partial charge in [-0.2, -0.15) is 5.10 Å². The maximum atomic E-state index is 11.1. The summed E-state index contributed by atoms with van der Waals surface area (Å²) in [6, 6.07) is 17.7. The summed E-state index contributed by atoms with van der Waals surface area (Å²) in [7, 11) is 1.26. The molecule has 0 radical (unpaired) electrons. The number of methoxy groups -OCH3 is 1. The molecule has 0 aromatic heterocycles. The van der Waals surface area contributed by atoms with Crippen molar-refractivity contribution in [3.8, 4) is 11.5 Å². The summed E-state index contributed by atoms with van der Waals surface area (Å²) in [6.45, 7) is 2.67. The van der Waals surface area contributed by atoms with Crippen molar-refractivity contribution in [3.63, 3.8) is 0 Å². The lowest BCUT2D eigenvalue weighted by atomic mass is 10.1. The summed E-state index contributed by atoms with van der Waals surface area (Å²) in [5.74, 6) is 0.958. The number of hydrogen-bond donors (Lipinski definition) is 1. The molecule has 0 spiro atoms. The molecule has 7 heteroatoms. The predicted molar refractivity (Wildman–Crippen MR) is 114 cm³/mol. The topological polar surface area (TPSA) is 69.2 Å². The third-order valence-electron chi connectivity index (χ3n) is 4.14. The van der Waals surface area contributed by atoms with Crippen LogP contribution in [0.15, 0.2) is 59.7 Å².